The molecule has 1 aliphatic carbocycles. The molecule has 52 heavy (non-hydrogen) atoms. The summed E-state index contributed by atoms with van der Waals surface area (Å²) in [7, 11) is 0. The lowest BCUT2D eigenvalue weighted by atomic mass is 9.98. The van der Waals surface area contributed by atoms with Crippen LogP contribution >= 0.6 is 0 Å². The highest BCUT2D eigenvalue weighted by Gasteiger charge is 2.43. The Labute approximate surface area is 301 Å². The normalized spacial score (nSPS) is 21.0. The van der Waals surface area contributed by atoms with Gasteiger partial charge >= 0.3 is 0 Å². The van der Waals surface area contributed by atoms with Crippen molar-refractivity contribution in [3.05, 3.63) is 61.2 Å². The number of H-pyrrole nitrogens is 2. The first-order valence-electron chi connectivity index (χ1n) is 17.7. The van der Waals surface area contributed by atoms with E-state index in [1.165, 1.54) is 25.0 Å². The van der Waals surface area contributed by atoms with Gasteiger partial charge in [-0.15, -0.1) is 0 Å². The number of aromatic amines is 2. The molecule has 0 radical (unpaired) electrons. The Balaban J connectivity index is 0.000000179. The molecule has 2 unspecified atom stereocenters. The third-order valence-electron chi connectivity index (χ3n) is 9.77. The minimum absolute atomic E-state index is 0.0318. The molecule has 4 atom stereocenters. The van der Waals surface area contributed by atoms with Gasteiger partial charge in [-0.2, -0.15) is 0 Å². The molecule has 4 aromatic rings. The largest absolute Gasteiger partial charge is 0.364 e. The highest BCUT2D eigenvalue weighted by atomic mass is 16.2. The van der Waals surface area contributed by atoms with Crippen LogP contribution in [0.15, 0.2) is 50.1 Å². The van der Waals surface area contributed by atoms with Gasteiger partial charge in [0.25, 0.3) is 11.8 Å². The molecule has 6 heterocycles. The maximum absolute atomic E-state index is 12.2. The maximum Gasteiger partial charge on any atom is 0.255 e. The van der Waals surface area contributed by atoms with E-state index in [0.717, 1.165) is 6.54 Å². The van der Waals surface area contributed by atoms with Crippen LogP contribution in [0, 0.1) is 17.8 Å². The average Bonchev–Trinajstić information content (AvgIpc) is 3.43. The molecular formula is C36H46N12O4. The van der Waals surface area contributed by atoms with Crippen molar-refractivity contribution in [1.29, 1.82) is 0 Å². The number of aromatic nitrogens is 6. The van der Waals surface area contributed by atoms with E-state index in [4.69, 9.17) is 0 Å². The van der Waals surface area contributed by atoms with Crippen LogP contribution in [0.1, 0.15) is 54.3 Å². The van der Waals surface area contributed by atoms with E-state index >= 15 is 0 Å². The van der Waals surface area contributed by atoms with Crippen molar-refractivity contribution in [1.82, 2.24) is 50.3 Å². The number of nitrogens with one attached hydrogen (secondary N) is 6. The molecule has 1 saturated carbocycles. The summed E-state index contributed by atoms with van der Waals surface area (Å²) in [5.74, 6) is 2.08. The Hall–Kier alpha value is -5.80. The summed E-state index contributed by atoms with van der Waals surface area (Å²) in [5, 5.41) is 12.3. The fraction of sp³-hybridized carbons (Fsp3) is 0.444. The maximum atomic E-state index is 12.2. The van der Waals surface area contributed by atoms with Crippen LogP contribution in [0.3, 0.4) is 0 Å². The lowest BCUT2D eigenvalue weighted by Crippen LogP contribution is -2.31. The minimum atomic E-state index is -0.183. The molecule has 6 N–H and O–H groups in total. The third kappa shape index (κ3) is 7.75. The highest BCUT2D eigenvalue weighted by Crippen LogP contribution is 2.42. The van der Waals surface area contributed by atoms with Crippen molar-refractivity contribution in [2.24, 2.45) is 17.8 Å². The second-order valence-corrected chi connectivity index (χ2v) is 13.4. The smallest absolute Gasteiger partial charge is 0.255 e. The lowest BCUT2D eigenvalue weighted by molar-refractivity contribution is -0.125. The number of carbonyl (C=O) groups is 4. The number of carbonyl (C=O) groups excluding carboxylic acids is 4. The Morgan fingerprint density at radius 2 is 1.25 bits per heavy atom. The van der Waals surface area contributed by atoms with E-state index in [2.05, 4.69) is 71.3 Å². The van der Waals surface area contributed by atoms with Gasteiger partial charge in [-0.3, -0.25) is 19.2 Å². The van der Waals surface area contributed by atoms with Crippen molar-refractivity contribution < 1.29 is 19.2 Å². The van der Waals surface area contributed by atoms with Crippen LogP contribution in [-0.4, -0.2) is 115 Å². The number of fused-ring (bicyclic) bond motifs is 2. The summed E-state index contributed by atoms with van der Waals surface area (Å²) in [6.07, 6.45) is 11.7. The predicted molar refractivity (Wildman–Crippen MR) is 198 cm³/mol. The molecule has 16 heteroatoms. The lowest BCUT2D eigenvalue weighted by Gasteiger charge is -2.19. The first-order valence-corrected chi connectivity index (χ1v) is 17.7. The molecule has 2 saturated heterocycles. The zero-order valence-corrected chi connectivity index (χ0v) is 29.7. The van der Waals surface area contributed by atoms with Gasteiger partial charge in [0.1, 0.15) is 22.7 Å². The molecular weight excluding hydrogens is 664 g/mol. The Morgan fingerprint density at radius 1 is 0.769 bits per heavy atom. The molecule has 7 rings (SSSR count). The number of hydrogen-bond acceptors (Lipinski definition) is 10. The fourth-order valence-electron chi connectivity index (χ4n) is 6.92. The Bertz CT molecular complexity index is 1980. The van der Waals surface area contributed by atoms with E-state index in [9.17, 15) is 19.2 Å². The summed E-state index contributed by atoms with van der Waals surface area (Å²) in [6.45, 7) is 16.7. The molecule has 0 aromatic carbocycles. The van der Waals surface area contributed by atoms with Gasteiger partial charge in [0.2, 0.25) is 11.8 Å². The molecule has 4 aromatic heterocycles. The van der Waals surface area contributed by atoms with Gasteiger partial charge in [0, 0.05) is 69.7 Å². The van der Waals surface area contributed by atoms with Crippen LogP contribution in [-0.2, 0) is 9.59 Å². The molecule has 3 aliphatic rings. The van der Waals surface area contributed by atoms with E-state index in [0.29, 0.717) is 89.6 Å². The summed E-state index contributed by atoms with van der Waals surface area (Å²) in [5.41, 5.74) is 3.17. The van der Waals surface area contributed by atoms with Crippen LogP contribution in [0.5, 0.6) is 0 Å². The number of nitrogens with zero attached hydrogens (tertiary/aromatic N) is 6. The Kier molecular flexibility index (Phi) is 10.8. The summed E-state index contributed by atoms with van der Waals surface area (Å²) >= 11 is 0. The van der Waals surface area contributed by atoms with Crippen LogP contribution < -0.4 is 21.3 Å². The van der Waals surface area contributed by atoms with E-state index in [1.54, 1.807) is 29.7 Å². The van der Waals surface area contributed by atoms with Crippen molar-refractivity contribution in [2.75, 3.05) is 49.9 Å². The molecule has 0 spiro atoms. The number of amides is 4. The topological polar surface area (TPSA) is 206 Å². The summed E-state index contributed by atoms with van der Waals surface area (Å²) in [4.78, 5) is 75.5. The van der Waals surface area contributed by atoms with Crippen molar-refractivity contribution >= 4 is 57.6 Å². The zero-order valence-electron chi connectivity index (χ0n) is 29.7. The summed E-state index contributed by atoms with van der Waals surface area (Å²) < 4.78 is 0. The average molecular weight is 711 g/mol. The van der Waals surface area contributed by atoms with Crippen molar-refractivity contribution in [3.8, 4) is 0 Å². The highest BCUT2D eigenvalue weighted by molar-refractivity contribution is 6.05. The van der Waals surface area contributed by atoms with Gasteiger partial charge in [0.15, 0.2) is 11.3 Å². The van der Waals surface area contributed by atoms with E-state index in [1.807, 2.05) is 18.7 Å². The third-order valence-corrected chi connectivity index (χ3v) is 9.77. The van der Waals surface area contributed by atoms with Crippen LogP contribution in [0.2, 0.25) is 0 Å². The number of rotatable bonds is 11. The number of anilines is 2. The number of likely N-dealkylation sites (tertiary alicyclic amines) is 2. The zero-order chi connectivity index (χ0) is 36.9. The predicted octanol–water partition coefficient (Wildman–Crippen LogP) is 2.69. The second-order valence-electron chi connectivity index (χ2n) is 13.4. The van der Waals surface area contributed by atoms with Crippen molar-refractivity contribution in [2.45, 2.75) is 45.7 Å². The van der Waals surface area contributed by atoms with Crippen LogP contribution in [0.25, 0.3) is 22.3 Å². The minimum Gasteiger partial charge on any atom is -0.364 e. The molecule has 16 nitrogen and oxygen atoms in total. The monoisotopic (exact) mass is 710 g/mol. The van der Waals surface area contributed by atoms with E-state index < -0.39 is 0 Å². The molecule has 3 fully saturated rings. The summed E-state index contributed by atoms with van der Waals surface area (Å²) in [6, 6.07) is 0.197. The van der Waals surface area contributed by atoms with Crippen LogP contribution in [0.4, 0.5) is 11.6 Å². The Morgan fingerprint density at radius 3 is 1.73 bits per heavy atom. The number of hydrogen-bond donors (Lipinski definition) is 6. The van der Waals surface area contributed by atoms with Gasteiger partial charge < -0.3 is 41.0 Å². The standard InChI is InChI=1S/C19H24N6O2.C17H22N6O2/c1-3-16(26)25-9-13(11-5-6-11)14(10-25)23-15-8-22-18-17(24-15)12(7-21-18)19(27)20-4-2;1-4-14(24)23-8-10(3)12(9-23)21-13-7-20-16-15(22-13)11(6-19-16)17(25)18-5-2/h3,7-8,11,13-14H,1,4-6,9-10H2,2H3,(H,20,27)(H,21,22)(H,23,24);4,6-7,10,12H,1,5,8-9H2,2-3H3,(H,18,25)(H,19,20)(H,21,22)/t13-,14-;/m0./s1. The van der Waals surface area contributed by atoms with Gasteiger partial charge in [-0.05, 0) is 50.7 Å². The fourth-order valence-corrected chi connectivity index (χ4v) is 6.92. The van der Waals surface area contributed by atoms with Crippen molar-refractivity contribution in [3.63, 3.8) is 0 Å². The van der Waals surface area contributed by atoms with Gasteiger partial charge in [-0.1, -0.05) is 20.1 Å². The van der Waals surface area contributed by atoms with Gasteiger partial charge in [-0.25, -0.2) is 19.9 Å². The van der Waals surface area contributed by atoms with Gasteiger partial charge in [0.05, 0.1) is 23.5 Å². The quantitative estimate of drug-likeness (QED) is 0.126. The molecule has 0 bridgehead atoms. The SMILES string of the molecule is C=CC(=O)N1CC(C)C(Nc2cnc3[nH]cc(C(=O)NCC)c3n2)C1.C=CC(=O)N1C[C@H](Nc2cnc3[nH]cc(C(=O)NCC)c3n2)[C@H](C2CC2)C1. The molecule has 4 amide bonds. The molecule has 2 aliphatic heterocycles. The van der Waals surface area contributed by atoms with E-state index in [-0.39, 0.29) is 41.6 Å². The molecule has 274 valence electrons. The first kappa shape index (κ1) is 36.0. The second kappa shape index (κ2) is 15.6. The first-order chi connectivity index (χ1) is 25.1.